The molecule has 1 saturated carbocycles. The first-order valence-corrected chi connectivity index (χ1v) is 9.38. The summed E-state index contributed by atoms with van der Waals surface area (Å²) in [5.41, 5.74) is 1.47. The van der Waals surface area contributed by atoms with Gasteiger partial charge in [0.25, 0.3) is 0 Å². The SMILES string of the molecule is CCCCC1CCC(c2ccc3cc(OC(C)=O)ccc3c2)CC1. The predicted octanol–water partition coefficient (Wildman–Crippen LogP) is 6.23. The summed E-state index contributed by atoms with van der Waals surface area (Å²) >= 11 is 0. The average molecular weight is 324 g/mol. The van der Waals surface area contributed by atoms with Crippen molar-refractivity contribution in [1.29, 1.82) is 0 Å². The maximum atomic E-state index is 11.1. The first-order valence-electron chi connectivity index (χ1n) is 9.38. The minimum Gasteiger partial charge on any atom is -0.427 e. The molecule has 0 aliphatic heterocycles. The Hall–Kier alpha value is -1.83. The monoisotopic (exact) mass is 324 g/mol. The smallest absolute Gasteiger partial charge is 0.308 e. The summed E-state index contributed by atoms with van der Waals surface area (Å²) in [6.45, 7) is 3.72. The zero-order chi connectivity index (χ0) is 16.9. The molecule has 0 N–H and O–H groups in total. The fraction of sp³-hybridized carbons (Fsp3) is 0.500. The summed E-state index contributed by atoms with van der Waals surface area (Å²) in [7, 11) is 0. The third kappa shape index (κ3) is 4.17. The van der Waals surface area contributed by atoms with Crippen molar-refractivity contribution in [2.45, 2.75) is 64.7 Å². The van der Waals surface area contributed by atoms with E-state index in [9.17, 15) is 4.79 Å². The third-order valence-electron chi connectivity index (χ3n) is 5.38. The molecule has 1 aliphatic carbocycles. The van der Waals surface area contributed by atoms with Gasteiger partial charge in [0.05, 0.1) is 0 Å². The summed E-state index contributed by atoms with van der Waals surface area (Å²) in [6, 6.07) is 12.6. The Labute approximate surface area is 145 Å². The summed E-state index contributed by atoms with van der Waals surface area (Å²) in [5, 5.41) is 2.37. The molecule has 2 aromatic carbocycles. The van der Waals surface area contributed by atoms with Gasteiger partial charge in [-0.15, -0.1) is 0 Å². The lowest BCUT2D eigenvalue weighted by molar-refractivity contribution is -0.131. The van der Waals surface area contributed by atoms with E-state index in [0.29, 0.717) is 11.7 Å². The van der Waals surface area contributed by atoms with Crippen molar-refractivity contribution in [1.82, 2.24) is 0 Å². The first kappa shape index (κ1) is 17.0. The third-order valence-corrected chi connectivity index (χ3v) is 5.38. The van der Waals surface area contributed by atoms with Crippen molar-refractivity contribution in [2.24, 2.45) is 5.92 Å². The van der Waals surface area contributed by atoms with Gasteiger partial charge in [-0.2, -0.15) is 0 Å². The van der Waals surface area contributed by atoms with Crippen LogP contribution in [0.15, 0.2) is 36.4 Å². The molecule has 0 aromatic heterocycles. The highest BCUT2D eigenvalue weighted by Crippen LogP contribution is 2.38. The van der Waals surface area contributed by atoms with Gasteiger partial charge in [-0.05, 0) is 66.0 Å². The lowest BCUT2D eigenvalue weighted by Crippen LogP contribution is -2.13. The van der Waals surface area contributed by atoms with E-state index < -0.39 is 0 Å². The van der Waals surface area contributed by atoms with Crippen LogP contribution in [0.4, 0.5) is 0 Å². The highest BCUT2D eigenvalue weighted by molar-refractivity contribution is 5.85. The minimum absolute atomic E-state index is 0.272. The average Bonchev–Trinajstić information content (AvgIpc) is 2.59. The highest BCUT2D eigenvalue weighted by Gasteiger charge is 2.22. The Morgan fingerprint density at radius 1 is 1.04 bits per heavy atom. The van der Waals surface area contributed by atoms with Crippen LogP contribution in [0.1, 0.15) is 70.3 Å². The predicted molar refractivity (Wildman–Crippen MR) is 99.5 cm³/mol. The number of ether oxygens (including phenoxy) is 1. The molecule has 2 nitrogen and oxygen atoms in total. The molecule has 0 bridgehead atoms. The molecule has 0 unspecified atom stereocenters. The van der Waals surface area contributed by atoms with Crippen molar-refractivity contribution in [2.75, 3.05) is 0 Å². The Morgan fingerprint density at radius 2 is 1.75 bits per heavy atom. The van der Waals surface area contributed by atoms with Gasteiger partial charge in [0.2, 0.25) is 0 Å². The summed E-state index contributed by atoms with van der Waals surface area (Å²) < 4.78 is 5.17. The number of benzene rings is 2. The maximum absolute atomic E-state index is 11.1. The molecule has 0 atom stereocenters. The van der Waals surface area contributed by atoms with Gasteiger partial charge in [-0.1, -0.05) is 50.5 Å². The largest absolute Gasteiger partial charge is 0.427 e. The number of rotatable bonds is 5. The quantitative estimate of drug-likeness (QED) is 0.481. The summed E-state index contributed by atoms with van der Waals surface area (Å²) in [5.74, 6) is 2.01. The second-order valence-electron chi connectivity index (χ2n) is 7.22. The van der Waals surface area contributed by atoms with E-state index in [4.69, 9.17) is 4.74 Å². The van der Waals surface area contributed by atoms with Crippen molar-refractivity contribution in [3.05, 3.63) is 42.0 Å². The molecular weight excluding hydrogens is 296 g/mol. The van der Waals surface area contributed by atoms with Gasteiger partial charge in [0.1, 0.15) is 5.75 Å². The molecule has 24 heavy (non-hydrogen) atoms. The van der Waals surface area contributed by atoms with E-state index in [1.54, 1.807) is 0 Å². The van der Waals surface area contributed by atoms with Crippen molar-refractivity contribution >= 4 is 16.7 Å². The Balaban J connectivity index is 1.69. The van der Waals surface area contributed by atoms with Crippen molar-refractivity contribution in [3.8, 4) is 5.75 Å². The number of hydrogen-bond donors (Lipinski definition) is 0. The number of esters is 1. The number of carbonyl (C=O) groups excluding carboxylic acids is 1. The van der Waals surface area contributed by atoms with Crippen LogP contribution < -0.4 is 4.74 Å². The molecule has 0 heterocycles. The van der Waals surface area contributed by atoms with E-state index in [1.165, 1.54) is 62.8 Å². The van der Waals surface area contributed by atoms with Crippen LogP contribution in [-0.4, -0.2) is 5.97 Å². The Bertz CT molecular complexity index is 696. The second kappa shape index (κ2) is 7.83. The number of carbonyl (C=O) groups is 1. The molecule has 0 amide bonds. The molecule has 3 rings (SSSR count). The van der Waals surface area contributed by atoms with Gasteiger partial charge in [-0.25, -0.2) is 0 Å². The molecule has 128 valence electrons. The zero-order valence-corrected chi connectivity index (χ0v) is 14.9. The van der Waals surface area contributed by atoms with Gasteiger partial charge in [-0.3, -0.25) is 4.79 Å². The van der Waals surface area contributed by atoms with Crippen LogP contribution in [0.25, 0.3) is 10.8 Å². The summed E-state index contributed by atoms with van der Waals surface area (Å²) in [6.07, 6.45) is 9.54. The lowest BCUT2D eigenvalue weighted by Gasteiger charge is -2.29. The molecule has 0 radical (unpaired) electrons. The van der Waals surface area contributed by atoms with E-state index in [1.807, 2.05) is 12.1 Å². The van der Waals surface area contributed by atoms with Crippen molar-refractivity contribution in [3.63, 3.8) is 0 Å². The Kier molecular flexibility index (Phi) is 5.55. The highest BCUT2D eigenvalue weighted by atomic mass is 16.5. The minimum atomic E-state index is -0.272. The van der Waals surface area contributed by atoms with Crippen LogP contribution in [0.5, 0.6) is 5.75 Å². The number of fused-ring (bicyclic) bond motifs is 1. The molecule has 1 fully saturated rings. The number of hydrogen-bond acceptors (Lipinski definition) is 2. The fourth-order valence-corrected chi connectivity index (χ4v) is 4.00. The molecule has 0 spiro atoms. The topological polar surface area (TPSA) is 26.3 Å². The number of unbranched alkanes of at least 4 members (excludes halogenated alkanes) is 1. The standard InChI is InChI=1S/C22H28O2/c1-3-4-5-17-6-8-18(9-7-17)19-10-11-21-15-22(24-16(2)23)13-12-20(21)14-19/h10-15,17-18H,3-9H2,1-2H3. The molecule has 0 saturated heterocycles. The Morgan fingerprint density at radius 3 is 2.46 bits per heavy atom. The molecular formula is C22H28O2. The van der Waals surface area contributed by atoms with Crippen LogP contribution in [0.2, 0.25) is 0 Å². The van der Waals surface area contributed by atoms with E-state index in [0.717, 1.165) is 11.3 Å². The van der Waals surface area contributed by atoms with Gasteiger partial charge in [0, 0.05) is 6.92 Å². The lowest BCUT2D eigenvalue weighted by atomic mass is 9.77. The fourth-order valence-electron chi connectivity index (χ4n) is 4.00. The van der Waals surface area contributed by atoms with Crippen LogP contribution >= 0.6 is 0 Å². The van der Waals surface area contributed by atoms with Crippen molar-refractivity contribution < 1.29 is 9.53 Å². The summed E-state index contributed by atoms with van der Waals surface area (Å²) in [4.78, 5) is 11.1. The first-order chi connectivity index (χ1) is 11.7. The van der Waals surface area contributed by atoms with Crippen LogP contribution in [0.3, 0.4) is 0 Å². The molecule has 1 aliphatic rings. The van der Waals surface area contributed by atoms with Gasteiger partial charge < -0.3 is 4.74 Å². The van der Waals surface area contributed by atoms with Crippen LogP contribution in [0, 0.1) is 5.92 Å². The maximum Gasteiger partial charge on any atom is 0.308 e. The van der Waals surface area contributed by atoms with E-state index in [-0.39, 0.29) is 5.97 Å². The molecule has 2 heteroatoms. The molecule has 2 aromatic rings. The van der Waals surface area contributed by atoms with Gasteiger partial charge in [0.15, 0.2) is 0 Å². The van der Waals surface area contributed by atoms with E-state index in [2.05, 4.69) is 31.2 Å². The van der Waals surface area contributed by atoms with Gasteiger partial charge >= 0.3 is 5.97 Å². The zero-order valence-electron chi connectivity index (χ0n) is 14.9. The van der Waals surface area contributed by atoms with Crippen LogP contribution in [-0.2, 0) is 4.79 Å². The van der Waals surface area contributed by atoms with E-state index >= 15 is 0 Å². The normalized spacial score (nSPS) is 20.9. The second-order valence-corrected chi connectivity index (χ2v) is 7.22.